The van der Waals surface area contributed by atoms with E-state index in [1.54, 1.807) is 0 Å². The van der Waals surface area contributed by atoms with E-state index in [2.05, 4.69) is 0 Å². The smallest absolute Gasteiger partial charge is 0.332 e. The Hall–Kier alpha value is -0.810. The fraction of sp³-hybridized carbons (Fsp3) is 0.889. The Morgan fingerprint density at radius 3 is 1.67 bits per heavy atom. The third kappa shape index (κ3) is 4.82. The average molecular weight is 270 g/mol. The van der Waals surface area contributed by atoms with E-state index in [1.807, 2.05) is 0 Å². The predicted octanol–water partition coefficient (Wildman–Crippen LogP) is -4.38. The van der Waals surface area contributed by atoms with E-state index in [-0.39, 0.29) is 0 Å². The van der Waals surface area contributed by atoms with Crippen molar-refractivity contribution in [1.82, 2.24) is 0 Å². The number of aliphatic hydroxyl groups excluding tert-OH is 7. The van der Waals surface area contributed by atoms with Crippen molar-refractivity contribution in [1.29, 1.82) is 0 Å². The lowest BCUT2D eigenvalue weighted by atomic mass is 9.96. The monoisotopic (exact) mass is 270 g/mol. The molecule has 0 saturated carbocycles. The maximum atomic E-state index is 10.3. The summed E-state index contributed by atoms with van der Waals surface area (Å²) in [5, 5.41) is 72.1. The fourth-order valence-electron chi connectivity index (χ4n) is 1.23. The summed E-state index contributed by atoms with van der Waals surface area (Å²) in [5.74, 6) is -1.62. The number of aliphatic carboxylic acids is 1. The van der Waals surface area contributed by atoms with Gasteiger partial charge in [-0.15, -0.1) is 0 Å². The molecule has 6 unspecified atom stereocenters. The summed E-state index contributed by atoms with van der Waals surface area (Å²) in [6.07, 6.45) is -12.2. The summed E-state index contributed by atoms with van der Waals surface area (Å²) >= 11 is 0. The zero-order valence-electron chi connectivity index (χ0n) is 9.36. The molecule has 0 bridgehead atoms. The number of hydrogen-bond donors (Lipinski definition) is 8. The SMILES string of the molecule is O=C(O)C(O)CC(O)C(O)C(O)C(O)C(O)CO. The highest BCUT2D eigenvalue weighted by Gasteiger charge is 2.35. The van der Waals surface area contributed by atoms with Gasteiger partial charge in [0.15, 0.2) is 6.10 Å². The number of hydrogen-bond acceptors (Lipinski definition) is 8. The van der Waals surface area contributed by atoms with E-state index >= 15 is 0 Å². The Bertz CT molecular complexity index is 258. The molecule has 0 saturated heterocycles. The highest BCUT2D eigenvalue weighted by molar-refractivity contribution is 5.71. The van der Waals surface area contributed by atoms with Gasteiger partial charge in [-0.3, -0.25) is 0 Å². The van der Waals surface area contributed by atoms with Gasteiger partial charge in [0.2, 0.25) is 0 Å². The van der Waals surface area contributed by atoms with Gasteiger partial charge in [0.05, 0.1) is 12.7 Å². The molecule has 0 radical (unpaired) electrons. The van der Waals surface area contributed by atoms with Crippen LogP contribution in [0.5, 0.6) is 0 Å². The van der Waals surface area contributed by atoms with Crippen LogP contribution in [-0.4, -0.2) is 90.1 Å². The zero-order chi connectivity index (χ0) is 14.5. The van der Waals surface area contributed by atoms with Gasteiger partial charge in [-0.2, -0.15) is 0 Å². The lowest BCUT2D eigenvalue weighted by Crippen LogP contribution is -2.50. The predicted molar refractivity (Wildman–Crippen MR) is 55.4 cm³/mol. The van der Waals surface area contributed by atoms with Gasteiger partial charge in [-0.05, 0) is 0 Å². The largest absolute Gasteiger partial charge is 0.479 e. The molecule has 0 aromatic carbocycles. The Morgan fingerprint density at radius 1 is 0.833 bits per heavy atom. The molecule has 0 aromatic heterocycles. The van der Waals surface area contributed by atoms with Crippen LogP contribution in [0.1, 0.15) is 6.42 Å². The van der Waals surface area contributed by atoms with Crippen molar-refractivity contribution in [3.8, 4) is 0 Å². The summed E-state index contributed by atoms with van der Waals surface area (Å²) in [6.45, 7) is -0.876. The van der Waals surface area contributed by atoms with E-state index in [1.165, 1.54) is 0 Å². The molecule has 0 aliphatic heterocycles. The molecule has 0 aliphatic carbocycles. The molecule has 0 fully saturated rings. The van der Waals surface area contributed by atoms with Crippen LogP contribution in [-0.2, 0) is 4.79 Å². The second-order valence-electron chi connectivity index (χ2n) is 3.88. The van der Waals surface area contributed by atoms with Crippen molar-refractivity contribution in [3.63, 3.8) is 0 Å². The first-order valence-corrected chi connectivity index (χ1v) is 5.14. The maximum Gasteiger partial charge on any atom is 0.332 e. The van der Waals surface area contributed by atoms with Crippen molar-refractivity contribution < 1.29 is 45.6 Å². The van der Waals surface area contributed by atoms with Crippen LogP contribution in [0.15, 0.2) is 0 Å². The van der Waals surface area contributed by atoms with Gasteiger partial charge in [-0.25, -0.2) is 4.79 Å². The summed E-state index contributed by atoms with van der Waals surface area (Å²) in [4.78, 5) is 10.3. The first-order valence-electron chi connectivity index (χ1n) is 5.14. The Morgan fingerprint density at radius 2 is 1.28 bits per heavy atom. The van der Waals surface area contributed by atoms with Crippen LogP contribution in [0.2, 0.25) is 0 Å². The van der Waals surface area contributed by atoms with Gasteiger partial charge >= 0.3 is 5.97 Å². The van der Waals surface area contributed by atoms with Crippen molar-refractivity contribution >= 4 is 5.97 Å². The van der Waals surface area contributed by atoms with Crippen LogP contribution >= 0.6 is 0 Å². The average Bonchev–Trinajstić information content (AvgIpc) is 2.34. The number of aliphatic hydroxyl groups is 7. The molecule has 0 amide bonds. The van der Waals surface area contributed by atoms with Crippen LogP contribution in [0, 0.1) is 0 Å². The van der Waals surface area contributed by atoms with Crippen LogP contribution in [0.25, 0.3) is 0 Å². The van der Waals surface area contributed by atoms with Crippen molar-refractivity contribution in [3.05, 3.63) is 0 Å². The molecule has 8 N–H and O–H groups in total. The van der Waals surface area contributed by atoms with Crippen molar-refractivity contribution in [2.24, 2.45) is 0 Å². The molecule has 0 aliphatic rings. The normalized spacial score (nSPS) is 21.7. The van der Waals surface area contributed by atoms with Crippen LogP contribution in [0.4, 0.5) is 0 Å². The van der Waals surface area contributed by atoms with Gasteiger partial charge in [0, 0.05) is 6.42 Å². The van der Waals surface area contributed by atoms with Crippen LogP contribution < -0.4 is 0 Å². The Labute approximate surface area is 102 Å². The summed E-state index contributed by atoms with van der Waals surface area (Å²) in [6, 6.07) is 0. The number of carbonyl (C=O) groups is 1. The van der Waals surface area contributed by atoms with Gasteiger partial charge < -0.3 is 40.9 Å². The number of rotatable bonds is 8. The van der Waals surface area contributed by atoms with E-state index in [9.17, 15) is 25.2 Å². The topological polar surface area (TPSA) is 179 Å². The van der Waals surface area contributed by atoms with Gasteiger partial charge in [0.25, 0.3) is 0 Å². The minimum absolute atomic E-state index is 0.768. The lowest BCUT2D eigenvalue weighted by Gasteiger charge is -2.28. The maximum absolute atomic E-state index is 10.3. The first kappa shape index (κ1) is 17.2. The molecule has 0 spiro atoms. The van der Waals surface area contributed by atoms with Crippen molar-refractivity contribution in [2.75, 3.05) is 6.61 Å². The van der Waals surface area contributed by atoms with E-state index < -0.39 is 55.6 Å². The molecule has 0 heterocycles. The van der Waals surface area contributed by atoms with Crippen molar-refractivity contribution in [2.45, 2.75) is 43.0 Å². The second kappa shape index (κ2) is 7.59. The molecular formula is C9H18O9. The highest BCUT2D eigenvalue weighted by atomic mass is 16.4. The zero-order valence-corrected chi connectivity index (χ0v) is 9.36. The minimum atomic E-state index is -2.01. The van der Waals surface area contributed by atoms with Gasteiger partial charge in [0.1, 0.15) is 24.4 Å². The molecule has 0 rings (SSSR count). The summed E-state index contributed by atoms with van der Waals surface area (Å²) in [7, 11) is 0. The molecule has 18 heavy (non-hydrogen) atoms. The lowest BCUT2D eigenvalue weighted by molar-refractivity contribution is -0.157. The first-order chi connectivity index (χ1) is 8.22. The molecule has 6 atom stereocenters. The summed E-state index contributed by atoms with van der Waals surface area (Å²) < 4.78 is 0. The molecule has 9 nitrogen and oxygen atoms in total. The van der Waals surface area contributed by atoms with Crippen LogP contribution in [0.3, 0.4) is 0 Å². The molecular weight excluding hydrogens is 252 g/mol. The van der Waals surface area contributed by atoms with E-state index in [0.717, 1.165) is 0 Å². The minimum Gasteiger partial charge on any atom is -0.479 e. The Kier molecular flexibility index (Phi) is 7.25. The van der Waals surface area contributed by atoms with E-state index in [0.29, 0.717) is 0 Å². The quantitative estimate of drug-likeness (QED) is 0.216. The molecule has 108 valence electrons. The standard InChI is InChI=1S/C9H18O9/c10-2-5(13)7(15)8(16)6(14)3(11)1-4(12)9(17)18/h3-8,10-16H,1-2H2,(H,17,18). The Balaban J connectivity index is 4.44. The number of carboxylic acid groups (broad SMARTS) is 1. The number of carboxylic acids is 1. The molecule has 0 aromatic rings. The highest BCUT2D eigenvalue weighted by Crippen LogP contribution is 2.12. The second-order valence-corrected chi connectivity index (χ2v) is 3.88. The van der Waals surface area contributed by atoms with E-state index in [4.69, 9.17) is 20.4 Å². The summed E-state index contributed by atoms with van der Waals surface area (Å²) in [5.41, 5.74) is 0. The third-order valence-corrected chi connectivity index (χ3v) is 2.43. The molecule has 9 heteroatoms. The third-order valence-electron chi connectivity index (χ3n) is 2.43. The fourth-order valence-corrected chi connectivity index (χ4v) is 1.23. The van der Waals surface area contributed by atoms with Gasteiger partial charge in [-0.1, -0.05) is 0 Å².